The third kappa shape index (κ3) is 3.72. The number of nitrogens with zero attached hydrogens (tertiary/aromatic N) is 3. The SMILES string of the molecule is N#CC=C1CN(C2CCCCN2C(=O)OCc2ccccc2)C1. The minimum absolute atomic E-state index is 0.0999. The van der Waals surface area contributed by atoms with Crippen molar-refractivity contribution < 1.29 is 9.53 Å². The molecule has 0 saturated carbocycles. The van der Waals surface area contributed by atoms with Crippen LogP contribution in [0.25, 0.3) is 0 Å². The number of carbonyl (C=O) groups is 1. The van der Waals surface area contributed by atoms with Crippen LogP contribution in [-0.2, 0) is 11.3 Å². The summed E-state index contributed by atoms with van der Waals surface area (Å²) in [6.07, 6.45) is 4.59. The zero-order valence-corrected chi connectivity index (χ0v) is 13.1. The van der Waals surface area contributed by atoms with Crippen LogP contribution >= 0.6 is 0 Å². The third-order valence-corrected chi connectivity index (χ3v) is 4.41. The second-order valence-electron chi connectivity index (χ2n) is 6.05. The van der Waals surface area contributed by atoms with Crippen molar-refractivity contribution in [3.63, 3.8) is 0 Å². The molecule has 0 bridgehead atoms. The highest BCUT2D eigenvalue weighted by Gasteiger charge is 2.36. The second kappa shape index (κ2) is 7.30. The van der Waals surface area contributed by atoms with E-state index >= 15 is 0 Å². The van der Waals surface area contributed by atoms with E-state index in [-0.39, 0.29) is 12.3 Å². The summed E-state index contributed by atoms with van der Waals surface area (Å²) in [6.45, 7) is 2.61. The Morgan fingerprint density at radius 1 is 1.30 bits per heavy atom. The largest absolute Gasteiger partial charge is 0.445 e. The first kappa shape index (κ1) is 15.6. The summed E-state index contributed by atoms with van der Waals surface area (Å²) in [7, 11) is 0. The maximum Gasteiger partial charge on any atom is 0.411 e. The van der Waals surface area contributed by atoms with Crippen LogP contribution in [0.1, 0.15) is 24.8 Å². The molecule has 1 unspecified atom stereocenters. The van der Waals surface area contributed by atoms with E-state index in [1.165, 1.54) is 0 Å². The molecule has 2 saturated heterocycles. The number of likely N-dealkylation sites (tertiary alicyclic amines) is 2. The first-order chi connectivity index (χ1) is 11.3. The van der Waals surface area contributed by atoms with Crippen molar-refractivity contribution in [1.29, 1.82) is 5.26 Å². The highest BCUT2D eigenvalue weighted by atomic mass is 16.6. The number of piperidine rings is 1. The number of hydrogen-bond acceptors (Lipinski definition) is 4. The lowest BCUT2D eigenvalue weighted by atomic mass is 10.0. The Bertz CT molecular complexity index is 613. The maximum atomic E-state index is 12.4. The van der Waals surface area contributed by atoms with Gasteiger partial charge in [-0.25, -0.2) is 4.79 Å². The Morgan fingerprint density at radius 3 is 2.83 bits per heavy atom. The molecule has 5 nitrogen and oxygen atoms in total. The zero-order chi connectivity index (χ0) is 16.1. The smallest absolute Gasteiger partial charge is 0.411 e. The third-order valence-electron chi connectivity index (χ3n) is 4.41. The van der Waals surface area contributed by atoms with Crippen LogP contribution in [-0.4, -0.2) is 41.7 Å². The van der Waals surface area contributed by atoms with Gasteiger partial charge in [0.1, 0.15) is 6.61 Å². The Kier molecular flexibility index (Phi) is 4.94. The molecule has 0 aromatic heterocycles. The van der Waals surface area contributed by atoms with Crippen molar-refractivity contribution >= 4 is 6.09 Å². The van der Waals surface area contributed by atoms with Crippen molar-refractivity contribution in [3.8, 4) is 6.07 Å². The van der Waals surface area contributed by atoms with Crippen molar-refractivity contribution in [1.82, 2.24) is 9.80 Å². The van der Waals surface area contributed by atoms with Gasteiger partial charge in [-0.05, 0) is 30.4 Å². The van der Waals surface area contributed by atoms with Crippen LogP contribution in [0.15, 0.2) is 42.0 Å². The molecule has 1 amide bonds. The molecule has 1 atom stereocenters. The second-order valence-corrected chi connectivity index (χ2v) is 6.05. The van der Waals surface area contributed by atoms with Crippen LogP contribution in [0.2, 0.25) is 0 Å². The maximum absolute atomic E-state index is 12.4. The molecule has 1 aromatic rings. The normalized spacial score (nSPS) is 21.3. The number of allylic oxidation sites excluding steroid dienone is 1. The van der Waals surface area contributed by atoms with Gasteiger partial charge in [0.05, 0.1) is 12.2 Å². The Morgan fingerprint density at radius 2 is 2.09 bits per heavy atom. The van der Waals surface area contributed by atoms with Gasteiger partial charge in [-0.2, -0.15) is 5.26 Å². The van der Waals surface area contributed by atoms with E-state index < -0.39 is 0 Å². The van der Waals surface area contributed by atoms with Gasteiger partial charge in [0.2, 0.25) is 0 Å². The summed E-state index contributed by atoms with van der Waals surface area (Å²) in [5.41, 5.74) is 2.13. The molecule has 1 aromatic carbocycles. The quantitative estimate of drug-likeness (QED) is 0.805. The zero-order valence-electron chi connectivity index (χ0n) is 13.1. The molecule has 0 radical (unpaired) electrons. The summed E-state index contributed by atoms with van der Waals surface area (Å²) in [6, 6.07) is 11.8. The van der Waals surface area contributed by atoms with Gasteiger partial charge in [-0.15, -0.1) is 0 Å². The summed E-state index contributed by atoms with van der Waals surface area (Å²) in [5.74, 6) is 0. The number of benzene rings is 1. The minimum Gasteiger partial charge on any atom is -0.445 e. The van der Waals surface area contributed by atoms with Crippen molar-refractivity contribution in [2.45, 2.75) is 32.0 Å². The molecule has 0 N–H and O–H groups in total. The average molecular weight is 311 g/mol. The van der Waals surface area contributed by atoms with Gasteiger partial charge in [-0.1, -0.05) is 30.3 Å². The standard InChI is InChI=1S/C18H21N3O2/c19-10-9-16-12-20(13-16)17-8-4-5-11-21(17)18(22)23-14-15-6-2-1-3-7-15/h1-3,6-7,9,17H,4-5,8,11-14H2. The molecule has 120 valence electrons. The molecule has 0 spiro atoms. The summed E-state index contributed by atoms with van der Waals surface area (Å²) in [5, 5.41) is 8.69. The monoisotopic (exact) mass is 311 g/mol. The van der Waals surface area contributed by atoms with Crippen LogP contribution in [0, 0.1) is 11.3 Å². The van der Waals surface area contributed by atoms with Gasteiger partial charge in [0.25, 0.3) is 0 Å². The van der Waals surface area contributed by atoms with Gasteiger partial charge in [0, 0.05) is 25.7 Å². The van der Waals surface area contributed by atoms with E-state index in [9.17, 15) is 4.79 Å². The molecule has 0 aliphatic carbocycles. The fourth-order valence-electron chi connectivity index (χ4n) is 3.18. The number of rotatable bonds is 3. The number of ether oxygens (including phenoxy) is 1. The fourth-order valence-corrected chi connectivity index (χ4v) is 3.18. The lowest BCUT2D eigenvalue weighted by Gasteiger charge is -2.46. The highest BCUT2D eigenvalue weighted by molar-refractivity contribution is 5.68. The molecule has 3 rings (SSSR count). The summed E-state index contributed by atoms with van der Waals surface area (Å²) < 4.78 is 5.48. The summed E-state index contributed by atoms with van der Waals surface area (Å²) >= 11 is 0. The summed E-state index contributed by atoms with van der Waals surface area (Å²) in [4.78, 5) is 16.5. The van der Waals surface area contributed by atoms with E-state index in [4.69, 9.17) is 10.00 Å². The van der Waals surface area contributed by atoms with Gasteiger partial charge in [0.15, 0.2) is 0 Å². The molecule has 2 heterocycles. The van der Waals surface area contributed by atoms with Crippen molar-refractivity contribution in [2.75, 3.05) is 19.6 Å². The van der Waals surface area contributed by atoms with E-state index in [1.54, 1.807) is 6.08 Å². The van der Waals surface area contributed by atoms with E-state index in [1.807, 2.05) is 35.2 Å². The van der Waals surface area contributed by atoms with Crippen LogP contribution in [0.4, 0.5) is 4.79 Å². The van der Waals surface area contributed by atoms with Crippen LogP contribution in [0.5, 0.6) is 0 Å². The lowest BCUT2D eigenvalue weighted by Crippen LogP contribution is -2.58. The number of nitriles is 1. The molecule has 2 aliphatic rings. The molecular weight excluding hydrogens is 290 g/mol. The fraction of sp³-hybridized carbons (Fsp3) is 0.444. The number of hydrogen-bond donors (Lipinski definition) is 0. The highest BCUT2D eigenvalue weighted by Crippen LogP contribution is 2.27. The Hall–Kier alpha value is -2.32. The molecule has 2 fully saturated rings. The average Bonchev–Trinajstić information content (AvgIpc) is 2.56. The molecule has 2 aliphatic heterocycles. The Labute approximate surface area is 136 Å². The molecular formula is C18H21N3O2. The molecule has 5 heteroatoms. The van der Waals surface area contributed by atoms with Crippen LogP contribution < -0.4 is 0 Å². The van der Waals surface area contributed by atoms with Crippen LogP contribution in [0.3, 0.4) is 0 Å². The predicted octanol–water partition coefficient (Wildman–Crippen LogP) is 2.90. The first-order valence-corrected chi connectivity index (χ1v) is 8.07. The van der Waals surface area contributed by atoms with Gasteiger partial charge < -0.3 is 4.74 Å². The minimum atomic E-state index is -0.240. The number of carbonyl (C=O) groups excluding carboxylic acids is 1. The lowest BCUT2D eigenvalue weighted by molar-refractivity contribution is -0.00392. The topological polar surface area (TPSA) is 56.6 Å². The van der Waals surface area contributed by atoms with Gasteiger partial charge in [-0.3, -0.25) is 9.80 Å². The van der Waals surface area contributed by atoms with E-state index in [0.29, 0.717) is 6.61 Å². The predicted molar refractivity (Wildman–Crippen MR) is 86.2 cm³/mol. The Balaban J connectivity index is 1.57. The van der Waals surface area contributed by atoms with E-state index in [2.05, 4.69) is 11.0 Å². The van der Waals surface area contributed by atoms with Crippen molar-refractivity contribution in [2.24, 2.45) is 0 Å². The first-order valence-electron chi connectivity index (χ1n) is 8.07. The van der Waals surface area contributed by atoms with E-state index in [0.717, 1.165) is 50.0 Å². The van der Waals surface area contributed by atoms with Gasteiger partial charge >= 0.3 is 6.09 Å². The molecule has 23 heavy (non-hydrogen) atoms. The number of amides is 1. The van der Waals surface area contributed by atoms with Crippen molar-refractivity contribution in [3.05, 3.63) is 47.5 Å².